The largest absolute Gasteiger partial charge is 0.369 e. The first-order valence-corrected chi connectivity index (χ1v) is 2.94. The number of nitrogens with zero attached hydrogens (tertiary/aromatic N) is 1. The van der Waals surface area contributed by atoms with E-state index >= 15 is 0 Å². The van der Waals surface area contributed by atoms with Crippen LogP contribution in [0.25, 0.3) is 0 Å². The van der Waals surface area contributed by atoms with Gasteiger partial charge in [0.1, 0.15) is 13.0 Å². The maximum atomic E-state index is 5.01. The molecule has 0 saturated carbocycles. The fourth-order valence-corrected chi connectivity index (χ4v) is 0.489. The van der Waals surface area contributed by atoms with Gasteiger partial charge < -0.3 is 9.47 Å². The molecule has 0 aromatic carbocycles. The molecule has 3 nitrogen and oxygen atoms in total. The lowest BCUT2D eigenvalue weighted by atomic mass is 10.6. The number of hydrogen-bond donors (Lipinski definition) is 0. The highest BCUT2D eigenvalue weighted by atomic mass is 16.5. The van der Waals surface area contributed by atoms with Gasteiger partial charge in [-0.1, -0.05) is 0 Å². The van der Waals surface area contributed by atoms with Crippen LogP contribution in [0.4, 0.5) is 0 Å². The number of methoxy groups -OCH3 is 2. The quantitative estimate of drug-likeness (QED) is 0.522. The van der Waals surface area contributed by atoms with Crippen molar-refractivity contribution >= 4 is 0 Å². The second-order valence-electron chi connectivity index (χ2n) is 2.01. The van der Waals surface area contributed by atoms with Crippen LogP contribution in [0, 0.1) is 0 Å². The van der Waals surface area contributed by atoms with Crippen LogP contribution in [0.15, 0.2) is 0 Å². The Morgan fingerprint density at radius 3 is 2.33 bits per heavy atom. The Bertz CT molecular complexity index is 68.1. The first-order valence-electron chi connectivity index (χ1n) is 2.94. The van der Waals surface area contributed by atoms with Crippen LogP contribution in [-0.2, 0) is 9.47 Å². The van der Waals surface area contributed by atoms with E-state index in [1.54, 1.807) is 14.2 Å². The molecule has 0 radical (unpaired) electrons. The highest BCUT2D eigenvalue weighted by Gasteiger charge is 2.04. The Labute approximate surface area is 56.6 Å². The molecule has 3 heteroatoms. The minimum Gasteiger partial charge on any atom is -0.369 e. The van der Waals surface area contributed by atoms with Crippen molar-refractivity contribution in [1.82, 2.24) is 4.90 Å². The summed E-state index contributed by atoms with van der Waals surface area (Å²) in [6.45, 7) is 2.58. The van der Waals surface area contributed by atoms with Crippen molar-refractivity contribution in [3.8, 4) is 0 Å². The third-order valence-electron chi connectivity index (χ3n) is 1.29. The van der Waals surface area contributed by atoms with E-state index in [0.717, 1.165) is 0 Å². The van der Waals surface area contributed by atoms with Crippen molar-refractivity contribution in [2.45, 2.75) is 13.2 Å². The molecule has 1 atom stereocenters. The third-order valence-corrected chi connectivity index (χ3v) is 1.29. The van der Waals surface area contributed by atoms with Crippen LogP contribution < -0.4 is 0 Å². The molecule has 9 heavy (non-hydrogen) atoms. The van der Waals surface area contributed by atoms with Gasteiger partial charge in [-0.05, 0) is 14.0 Å². The van der Waals surface area contributed by atoms with Gasteiger partial charge in [-0.3, -0.25) is 4.90 Å². The van der Waals surface area contributed by atoms with Crippen LogP contribution in [0.2, 0.25) is 0 Å². The predicted octanol–water partition coefficient (Wildman–Crippen LogP) is 0.515. The van der Waals surface area contributed by atoms with Gasteiger partial charge >= 0.3 is 0 Å². The third kappa shape index (κ3) is 3.46. The molecule has 0 aliphatic heterocycles. The SMILES string of the molecule is COCN(C)C(C)OC. The average molecular weight is 133 g/mol. The number of ether oxygens (including phenoxy) is 2. The van der Waals surface area contributed by atoms with E-state index in [2.05, 4.69) is 0 Å². The van der Waals surface area contributed by atoms with Gasteiger partial charge in [0.05, 0.1) is 0 Å². The maximum absolute atomic E-state index is 5.01. The van der Waals surface area contributed by atoms with Gasteiger partial charge in [-0.25, -0.2) is 0 Å². The monoisotopic (exact) mass is 133 g/mol. The Kier molecular flexibility index (Phi) is 4.67. The summed E-state index contributed by atoms with van der Waals surface area (Å²) in [6, 6.07) is 0. The van der Waals surface area contributed by atoms with Gasteiger partial charge in [0.2, 0.25) is 0 Å². The van der Waals surface area contributed by atoms with E-state index < -0.39 is 0 Å². The second kappa shape index (κ2) is 4.73. The normalized spacial score (nSPS) is 14.3. The van der Waals surface area contributed by atoms with Gasteiger partial charge in [0.25, 0.3) is 0 Å². The molecule has 0 N–H and O–H groups in total. The van der Waals surface area contributed by atoms with E-state index in [4.69, 9.17) is 9.47 Å². The lowest BCUT2D eigenvalue weighted by Gasteiger charge is -2.21. The average Bonchev–Trinajstić information content (AvgIpc) is 1.87. The predicted molar refractivity (Wildman–Crippen MR) is 36.1 cm³/mol. The van der Waals surface area contributed by atoms with E-state index in [-0.39, 0.29) is 6.23 Å². The van der Waals surface area contributed by atoms with Gasteiger partial charge in [0.15, 0.2) is 0 Å². The summed E-state index contributed by atoms with van der Waals surface area (Å²) in [5.74, 6) is 0. The molecule has 0 bridgehead atoms. The molecule has 0 aliphatic carbocycles. The summed E-state index contributed by atoms with van der Waals surface area (Å²) >= 11 is 0. The highest BCUT2D eigenvalue weighted by Crippen LogP contribution is 1.93. The zero-order valence-corrected chi connectivity index (χ0v) is 6.55. The maximum Gasteiger partial charge on any atom is 0.108 e. The second-order valence-corrected chi connectivity index (χ2v) is 2.01. The molecule has 0 aromatic heterocycles. The van der Waals surface area contributed by atoms with Crippen molar-refractivity contribution in [2.75, 3.05) is 28.0 Å². The summed E-state index contributed by atoms with van der Waals surface area (Å²) in [5, 5.41) is 0. The van der Waals surface area contributed by atoms with Crippen LogP contribution >= 0.6 is 0 Å². The molecule has 0 heterocycles. The Morgan fingerprint density at radius 2 is 2.00 bits per heavy atom. The van der Waals surface area contributed by atoms with Crippen LogP contribution in [0.1, 0.15) is 6.92 Å². The zero-order valence-electron chi connectivity index (χ0n) is 6.55. The summed E-state index contributed by atoms with van der Waals surface area (Å²) in [4.78, 5) is 1.96. The number of hydrogen-bond acceptors (Lipinski definition) is 3. The molecular formula is C6H15NO2. The molecule has 1 unspecified atom stereocenters. The highest BCUT2D eigenvalue weighted by molar-refractivity contribution is 4.43. The standard InChI is InChI=1S/C6H15NO2/c1-6(9-4)7(2)5-8-3/h6H,5H2,1-4H3. The number of rotatable bonds is 4. The molecular weight excluding hydrogens is 118 g/mol. The van der Waals surface area contributed by atoms with Crippen molar-refractivity contribution in [3.05, 3.63) is 0 Å². The minimum absolute atomic E-state index is 0.130. The Morgan fingerprint density at radius 1 is 1.44 bits per heavy atom. The fraction of sp³-hybridized carbons (Fsp3) is 1.00. The van der Waals surface area contributed by atoms with E-state index in [9.17, 15) is 0 Å². The lowest BCUT2D eigenvalue weighted by Crippen LogP contribution is -2.31. The topological polar surface area (TPSA) is 21.7 Å². The van der Waals surface area contributed by atoms with Gasteiger partial charge in [-0.2, -0.15) is 0 Å². The fourth-order valence-electron chi connectivity index (χ4n) is 0.489. The first kappa shape index (κ1) is 8.88. The van der Waals surface area contributed by atoms with Crippen LogP contribution in [0.3, 0.4) is 0 Å². The molecule has 0 saturated heterocycles. The Balaban J connectivity index is 3.32. The van der Waals surface area contributed by atoms with Gasteiger partial charge in [0, 0.05) is 14.2 Å². The summed E-state index contributed by atoms with van der Waals surface area (Å²) < 4.78 is 9.88. The minimum atomic E-state index is 0.130. The smallest absolute Gasteiger partial charge is 0.108 e. The van der Waals surface area contributed by atoms with Crippen molar-refractivity contribution in [1.29, 1.82) is 0 Å². The zero-order chi connectivity index (χ0) is 7.28. The summed E-state index contributed by atoms with van der Waals surface area (Å²) in [5.41, 5.74) is 0. The lowest BCUT2D eigenvalue weighted by molar-refractivity contribution is -0.0557. The van der Waals surface area contributed by atoms with Gasteiger partial charge in [-0.15, -0.1) is 0 Å². The summed E-state index contributed by atoms with van der Waals surface area (Å²) in [6.07, 6.45) is 0.130. The summed E-state index contributed by atoms with van der Waals surface area (Å²) in [7, 11) is 5.29. The molecule has 0 fully saturated rings. The van der Waals surface area contributed by atoms with E-state index in [0.29, 0.717) is 6.73 Å². The van der Waals surface area contributed by atoms with E-state index in [1.807, 2.05) is 18.9 Å². The van der Waals surface area contributed by atoms with Crippen molar-refractivity contribution < 1.29 is 9.47 Å². The molecule has 0 amide bonds. The first-order chi connectivity index (χ1) is 4.22. The molecule has 0 spiro atoms. The molecule has 0 aliphatic rings. The molecule has 0 rings (SSSR count). The van der Waals surface area contributed by atoms with Crippen molar-refractivity contribution in [2.24, 2.45) is 0 Å². The van der Waals surface area contributed by atoms with Crippen LogP contribution in [0.5, 0.6) is 0 Å². The van der Waals surface area contributed by atoms with Crippen molar-refractivity contribution in [3.63, 3.8) is 0 Å². The molecule has 56 valence electrons. The Hall–Kier alpha value is -0.120. The van der Waals surface area contributed by atoms with E-state index in [1.165, 1.54) is 0 Å². The van der Waals surface area contributed by atoms with Crippen LogP contribution in [-0.4, -0.2) is 39.1 Å². The molecule has 0 aromatic rings.